The van der Waals surface area contributed by atoms with Crippen molar-refractivity contribution in [1.82, 2.24) is 0 Å². The summed E-state index contributed by atoms with van der Waals surface area (Å²) in [5.41, 5.74) is 0. The number of quaternary nitrogens is 1. The van der Waals surface area contributed by atoms with E-state index in [0.29, 0.717) is 6.42 Å². The summed E-state index contributed by atoms with van der Waals surface area (Å²) in [6.45, 7) is 3.38. The molecule has 3 nitrogen and oxygen atoms in total. The molecule has 1 saturated heterocycles. The molecule has 0 atom stereocenters. The van der Waals surface area contributed by atoms with E-state index in [1.807, 2.05) is 0 Å². The first kappa shape index (κ1) is 11.2. The Morgan fingerprint density at radius 3 is 2.45 bits per heavy atom. The molecule has 0 radical (unpaired) electrons. The van der Waals surface area contributed by atoms with Gasteiger partial charge in [-0.15, -0.1) is 0 Å². The molecule has 1 aliphatic heterocycles. The Balaban J connectivity index is 0.000001000. The average molecular weight is 271 g/mol. The van der Waals surface area contributed by atoms with Gasteiger partial charge in [-0.1, -0.05) is 0 Å². The molecule has 0 bridgehead atoms. The molecule has 1 heterocycles. The minimum atomic E-state index is -0.0914. The van der Waals surface area contributed by atoms with Crippen LogP contribution in [0.2, 0.25) is 0 Å². The first-order chi connectivity index (χ1) is 4.66. The predicted molar refractivity (Wildman–Crippen MR) is 37.4 cm³/mol. The zero-order valence-electron chi connectivity index (χ0n) is 6.97. The van der Waals surface area contributed by atoms with Gasteiger partial charge in [0.05, 0.1) is 27.1 Å². The van der Waals surface area contributed by atoms with Crippen LogP contribution in [0.15, 0.2) is 0 Å². The molecule has 0 aromatic heterocycles. The molecule has 0 saturated carbocycles. The molecule has 0 N–H and O–H groups in total. The second kappa shape index (κ2) is 4.25. The van der Waals surface area contributed by atoms with E-state index in [1.54, 1.807) is 0 Å². The first-order valence-electron chi connectivity index (χ1n) is 3.57. The molecule has 11 heavy (non-hydrogen) atoms. The Morgan fingerprint density at radius 2 is 2.09 bits per heavy atom. The maximum atomic E-state index is 10.7. The van der Waals surface area contributed by atoms with Crippen molar-refractivity contribution < 1.29 is 38.0 Å². The van der Waals surface area contributed by atoms with Gasteiger partial charge in [-0.25, -0.2) is 0 Å². The zero-order valence-corrected chi connectivity index (χ0v) is 9.13. The lowest BCUT2D eigenvalue weighted by atomic mass is 10.4. The number of esters is 1. The monoisotopic (exact) mass is 271 g/mol. The highest BCUT2D eigenvalue weighted by molar-refractivity contribution is 5.69. The van der Waals surface area contributed by atoms with Gasteiger partial charge in [0.15, 0.2) is 0 Å². The largest absolute Gasteiger partial charge is 1.00 e. The van der Waals surface area contributed by atoms with E-state index in [9.17, 15) is 4.79 Å². The van der Waals surface area contributed by atoms with Crippen molar-refractivity contribution in [2.24, 2.45) is 0 Å². The van der Waals surface area contributed by atoms with Crippen molar-refractivity contribution in [3.63, 3.8) is 0 Å². The second-order valence-corrected chi connectivity index (χ2v) is 3.12. The number of carbonyl (C=O) groups excluding carboxylic acids is 1. The minimum absolute atomic E-state index is 0. The van der Waals surface area contributed by atoms with Crippen molar-refractivity contribution in [3.8, 4) is 0 Å². The topological polar surface area (TPSA) is 26.3 Å². The van der Waals surface area contributed by atoms with Crippen LogP contribution in [0, 0.1) is 0 Å². The number of nitrogens with zero attached hydrogens (tertiary/aromatic N) is 1. The Hall–Kier alpha value is 0.160. The summed E-state index contributed by atoms with van der Waals surface area (Å²) in [4.78, 5) is 10.7. The minimum Gasteiger partial charge on any atom is -1.00 e. The van der Waals surface area contributed by atoms with Crippen LogP contribution in [-0.2, 0) is 9.53 Å². The Bertz CT molecular complexity index is 145. The zero-order chi connectivity index (χ0) is 7.61. The Kier molecular flexibility index (Phi) is 4.31. The highest BCUT2D eigenvalue weighted by Gasteiger charge is 2.36. The van der Waals surface area contributed by atoms with Crippen molar-refractivity contribution in [3.05, 3.63) is 0 Å². The Morgan fingerprint density at radius 1 is 1.55 bits per heavy atom. The molecule has 0 aromatic carbocycles. The van der Waals surface area contributed by atoms with Crippen molar-refractivity contribution in [1.29, 1.82) is 0 Å². The lowest BCUT2D eigenvalue weighted by molar-refractivity contribution is -0.776. The van der Waals surface area contributed by atoms with E-state index < -0.39 is 0 Å². The number of likely N-dealkylation sites (N-methyl/N-ethyl adjacent to an activating group) is 1. The number of hydrogen-bond donors (Lipinski definition) is 0. The quantitative estimate of drug-likeness (QED) is 0.237. The van der Waals surface area contributed by atoms with Gasteiger partial charge in [-0.05, 0) is 0 Å². The van der Waals surface area contributed by atoms with Gasteiger partial charge in [0.2, 0.25) is 0 Å². The lowest BCUT2D eigenvalue weighted by Crippen LogP contribution is -3.00. The van der Waals surface area contributed by atoms with Crippen LogP contribution in [0.25, 0.3) is 0 Å². The van der Waals surface area contributed by atoms with Gasteiger partial charge >= 0.3 is 5.97 Å². The number of carbonyl (C=O) groups is 1. The van der Waals surface area contributed by atoms with Gasteiger partial charge < -0.3 is 33.2 Å². The molecule has 1 rings (SSSR count). The van der Waals surface area contributed by atoms with Crippen LogP contribution in [0.4, 0.5) is 0 Å². The van der Waals surface area contributed by atoms with Crippen LogP contribution < -0.4 is 24.0 Å². The van der Waals surface area contributed by atoms with Gasteiger partial charge in [-0.3, -0.25) is 4.79 Å². The predicted octanol–water partition coefficient (Wildman–Crippen LogP) is -2.99. The fraction of sp³-hybridized carbons (Fsp3) is 0.857. The van der Waals surface area contributed by atoms with Gasteiger partial charge in [0.1, 0.15) is 13.1 Å². The van der Waals surface area contributed by atoms with Gasteiger partial charge in [0.25, 0.3) is 0 Å². The summed E-state index contributed by atoms with van der Waals surface area (Å²) >= 11 is 0. The van der Waals surface area contributed by atoms with Crippen LogP contribution in [0.3, 0.4) is 0 Å². The van der Waals surface area contributed by atoms with Crippen molar-refractivity contribution in [2.75, 3.05) is 33.8 Å². The second-order valence-electron chi connectivity index (χ2n) is 3.12. The maximum absolute atomic E-state index is 10.7. The lowest BCUT2D eigenvalue weighted by Gasteiger charge is -2.09. The molecule has 1 fully saturated rings. The molecule has 0 amide bonds. The first-order valence-corrected chi connectivity index (χ1v) is 3.57. The standard InChI is InChI=1S/C7H14NO2.HI/c1-8(5-6-8)4-3-7(9)10-2;/h3-6H2,1-2H3;1H/q+1;/p-1. The van der Waals surface area contributed by atoms with Crippen LogP contribution in [-0.4, -0.2) is 44.2 Å². The molecule has 0 spiro atoms. The number of halogens is 1. The van der Waals surface area contributed by atoms with Gasteiger partial charge in [0, 0.05) is 0 Å². The highest BCUT2D eigenvalue weighted by atomic mass is 127. The molecule has 66 valence electrons. The number of ether oxygens (including phenoxy) is 1. The summed E-state index contributed by atoms with van der Waals surface area (Å²) < 4.78 is 5.58. The molecular formula is C7H14INO2. The van der Waals surface area contributed by atoms with E-state index >= 15 is 0 Å². The number of hydrogen-bond acceptors (Lipinski definition) is 2. The van der Waals surface area contributed by atoms with Crippen LogP contribution in [0.1, 0.15) is 6.42 Å². The summed E-state index contributed by atoms with van der Waals surface area (Å²) in [6.07, 6.45) is 0.562. The van der Waals surface area contributed by atoms with Crippen molar-refractivity contribution >= 4 is 5.97 Å². The summed E-state index contributed by atoms with van der Waals surface area (Å²) in [5.74, 6) is -0.0914. The normalized spacial score (nSPS) is 18.4. The fourth-order valence-electron chi connectivity index (χ4n) is 0.858. The average Bonchev–Trinajstić information content (AvgIpc) is 2.64. The third-order valence-electron chi connectivity index (χ3n) is 2.07. The van der Waals surface area contributed by atoms with Gasteiger partial charge in [-0.2, -0.15) is 0 Å². The van der Waals surface area contributed by atoms with E-state index in [4.69, 9.17) is 0 Å². The summed E-state index contributed by atoms with van der Waals surface area (Å²) in [7, 11) is 3.59. The summed E-state index contributed by atoms with van der Waals surface area (Å²) in [5, 5.41) is 0. The number of methoxy groups -OCH3 is 1. The van der Waals surface area contributed by atoms with Crippen LogP contribution in [0.5, 0.6) is 0 Å². The number of rotatable bonds is 3. The highest BCUT2D eigenvalue weighted by Crippen LogP contribution is 2.16. The molecule has 1 aliphatic rings. The molecule has 0 aliphatic carbocycles. The van der Waals surface area contributed by atoms with E-state index in [1.165, 1.54) is 20.2 Å². The molecule has 4 heteroatoms. The molecule has 0 aromatic rings. The van der Waals surface area contributed by atoms with E-state index in [0.717, 1.165) is 11.0 Å². The molecule has 0 unspecified atom stereocenters. The van der Waals surface area contributed by atoms with Crippen LogP contribution >= 0.6 is 0 Å². The van der Waals surface area contributed by atoms with Crippen molar-refractivity contribution in [2.45, 2.75) is 6.42 Å². The summed E-state index contributed by atoms with van der Waals surface area (Å²) in [6, 6.07) is 0. The fourth-order valence-corrected chi connectivity index (χ4v) is 0.858. The third-order valence-corrected chi connectivity index (χ3v) is 2.07. The maximum Gasteiger partial charge on any atom is 0.311 e. The SMILES string of the molecule is COC(=O)CC[N+]1(C)CC1.[I-]. The van der Waals surface area contributed by atoms with E-state index in [2.05, 4.69) is 11.8 Å². The Labute approximate surface area is 84.3 Å². The molecular weight excluding hydrogens is 257 g/mol. The third kappa shape index (κ3) is 3.91. The smallest absolute Gasteiger partial charge is 0.311 e. The van der Waals surface area contributed by atoms with E-state index in [-0.39, 0.29) is 29.9 Å².